The number of benzene rings is 2. The molecule has 1 fully saturated rings. The van der Waals surface area contributed by atoms with Gasteiger partial charge >= 0.3 is 0 Å². The Bertz CT molecular complexity index is 770. The van der Waals surface area contributed by atoms with Gasteiger partial charge in [0.2, 0.25) is 0 Å². The Hall–Kier alpha value is -1.95. The lowest BCUT2D eigenvalue weighted by Crippen LogP contribution is -2.51. The van der Waals surface area contributed by atoms with E-state index in [-0.39, 0.29) is 23.1 Å². The van der Waals surface area contributed by atoms with E-state index in [1.54, 1.807) is 11.0 Å². The van der Waals surface area contributed by atoms with Crippen molar-refractivity contribution in [3.63, 3.8) is 0 Å². The number of halogens is 2. The SMILES string of the molecule is CN(C)C[C@@H]1OCCN(C(=O)c2ccc(Cl)c(F)c2)[C@H]1c1ccccc1. The monoisotopic (exact) mass is 376 g/mol. The van der Waals surface area contributed by atoms with Gasteiger partial charge in [-0.2, -0.15) is 0 Å². The molecule has 138 valence electrons. The van der Waals surface area contributed by atoms with Gasteiger partial charge in [0, 0.05) is 18.7 Å². The van der Waals surface area contributed by atoms with Crippen LogP contribution < -0.4 is 0 Å². The zero-order chi connectivity index (χ0) is 18.7. The Morgan fingerprint density at radius 1 is 1.27 bits per heavy atom. The van der Waals surface area contributed by atoms with Gasteiger partial charge in [0.05, 0.1) is 23.8 Å². The van der Waals surface area contributed by atoms with E-state index in [2.05, 4.69) is 0 Å². The standard InChI is InChI=1S/C20H22ClFN2O2/c1-23(2)13-18-19(14-6-4-3-5-7-14)24(10-11-26-18)20(25)15-8-9-16(21)17(22)12-15/h3-9,12,18-19H,10-11,13H2,1-2H3/t18-,19-/m0/s1. The Labute approximate surface area is 158 Å². The summed E-state index contributed by atoms with van der Waals surface area (Å²) in [4.78, 5) is 16.9. The molecule has 1 heterocycles. The van der Waals surface area contributed by atoms with Gasteiger partial charge in [-0.25, -0.2) is 4.39 Å². The number of hydrogen-bond donors (Lipinski definition) is 0. The molecule has 3 rings (SSSR count). The molecule has 4 nitrogen and oxygen atoms in total. The Morgan fingerprint density at radius 2 is 2.00 bits per heavy atom. The van der Waals surface area contributed by atoms with Crippen LogP contribution >= 0.6 is 11.6 Å². The molecule has 0 aliphatic carbocycles. The van der Waals surface area contributed by atoms with Gasteiger partial charge in [0.15, 0.2) is 0 Å². The first-order valence-electron chi connectivity index (χ1n) is 8.54. The topological polar surface area (TPSA) is 32.8 Å². The summed E-state index contributed by atoms with van der Waals surface area (Å²) in [6.45, 7) is 1.58. The van der Waals surface area contributed by atoms with Crippen molar-refractivity contribution in [2.24, 2.45) is 0 Å². The molecule has 1 aliphatic heterocycles. The highest BCUT2D eigenvalue weighted by Crippen LogP contribution is 2.31. The minimum atomic E-state index is -0.591. The lowest BCUT2D eigenvalue weighted by atomic mass is 9.96. The third kappa shape index (κ3) is 4.06. The summed E-state index contributed by atoms with van der Waals surface area (Å²) < 4.78 is 19.8. The molecule has 0 spiro atoms. The fourth-order valence-corrected chi connectivity index (χ4v) is 3.43. The van der Waals surface area contributed by atoms with E-state index in [1.807, 2.05) is 49.3 Å². The quantitative estimate of drug-likeness (QED) is 0.817. The fraction of sp³-hybridized carbons (Fsp3) is 0.350. The molecule has 2 aromatic carbocycles. The van der Waals surface area contributed by atoms with E-state index >= 15 is 0 Å². The van der Waals surface area contributed by atoms with E-state index < -0.39 is 5.82 Å². The third-order valence-electron chi connectivity index (χ3n) is 4.47. The molecule has 1 amide bonds. The summed E-state index contributed by atoms with van der Waals surface area (Å²) in [5.74, 6) is -0.812. The molecular formula is C20H22ClFN2O2. The second-order valence-corrected chi connectivity index (χ2v) is 7.06. The number of carbonyl (C=O) groups excluding carboxylic acids is 1. The number of amides is 1. The van der Waals surface area contributed by atoms with Crippen LogP contribution in [0.1, 0.15) is 22.0 Å². The molecule has 2 atom stereocenters. The number of ether oxygens (including phenoxy) is 1. The maximum Gasteiger partial charge on any atom is 0.254 e. The summed E-state index contributed by atoms with van der Waals surface area (Å²) >= 11 is 5.75. The van der Waals surface area contributed by atoms with Gasteiger partial charge in [-0.3, -0.25) is 4.79 Å². The molecule has 1 aliphatic rings. The van der Waals surface area contributed by atoms with Crippen LogP contribution in [0.25, 0.3) is 0 Å². The van der Waals surface area contributed by atoms with Crippen molar-refractivity contribution in [1.29, 1.82) is 0 Å². The molecule has 0 bridgehead atoms. The first kappa shape index (κ1) is 18.8. The average Bonchev–Trinajstić information content (AvgIpc) is 2.63. The van der Waals surface area contributed by atoms with E-state index in [1.165, 1.54) is 12.1 Å². The minimum Gasteiger partial charge on any atom is -0.373 e. The average molecular weight is 377 g/mol. The highest BCUT2D eigenvalue weighted by molar-refractivity contribution is 6.30. The molecule has 0 unspecified atom stereocenters. The summed E-state index contributed by atoms with van der Waals surface area (Å²) in [6.07, 6.45) is -0.165. The molecule has 0 radical (unpaired) electrons. The number of carbonyl (C=O) groups is 1. The third-order valence-corrected chi connectivity index (χ3v) is 4.77. The molecular weight excluding hydrogens is 355 g/mol. The first-order valence-corrected chi connectivity index (χ1v) is 8.92. The van der Waals surface area contributed by atoms with Gasteiger partial charge < -0.3 is 14.5 Å². The van der Waals surface area contributed by atoms with Crippen LogP contribution in [0.2, 0.25) is 5.02 Å². The van der Waals surface area contributed by atoms with Crippen LogP contribution in [0.3, 0.4) is 0 Å². The Morgan fingerprint density at radius 3 is 2.65 bits per heavy atom. The molecule has 26 heavy (non-hydrogen) atoms. The maximum absolute atomic E-state index is 13.8. The lowest BCUT2D eigenvalue weighted by Gasteiger charge is -2.42. The predicted molar refractivity (Wildman–Crippen MR) is 99.9 cm³/mol. The molecule has 2 aromatic rings. The summed E-state index contributed by atoms with van der Waals surface area (Å²) in [6, 6.07) is 13.8. The predicted octanol–water partition coefficient (Wildman–Crippen LogP) is 3.62. The molecule has 6 heteroatoms. The van der Waals surface area contributed by atoms with E-state index in [9.17, 15) is 9.18 Å². The van der Waals surface area contributed by atoms with E-state index in [4.69, 9.17) is 16.3 Å². The molecule has 0 saturated carbocycles. The van der Waals surface area contributed by atoms with E-state index in [0.29, 0.717) is 25.3 Å². The van der Waals surface area contributed by atoms with Gasteiger partial charge in [-0.05, 0) is 37.9 Å². The fourth-order valence-electron chi connectivity index (χ4n) is 3.31. The van der Waals surface area contributed by atoms with Crippen LogP contribution in [0.15, 0.2) is 48.5 Å². The van der Waals surface area contributed by atoms with Crippen LogP contribution in [-0.2, 0) is 4.74 Å². The Kier molecular flexibility index (Phi) is 5.91. The largest absolute Gasteiger partial charge is 0.373 e. The second kappa shape index (κ2) is 8.16. The van der Waals surface area contributed by atoms with Crippen LogP contribution in [0.5, 0.6) is 0 Å². The van der Waals surface area contributed by atoms with Gasteiger partial charge in [-0.1, -0.05) is 41.9 Å². The number of likely N-dealkylation sites (N-methyl/N-ethyl adjacent to an activating group) is 1. The van der Waals surface area contributed by atoms with Gasteiger partial charge in [-0.15, -0.1) is 0 Å². The lowest BCUT2D eigenvalue weighted by molar-refractivity contribution is -0.0684. The second-order valence-electron chi connectivity index (χ2n) is 6.65. The number of rotatable bonds is 4. The molecule has 0 N–H and O–H groups in total. The van der Waals surface area contributed by atoms with Crippen LogP contribution in [0.4, 0.5) is 4.39 Å². The number of nitrogens with zero attached hydrogens (tertiary/aromatic N) is 2. The van der Waals surface area contributed by atoms with Crippen molar-refractivity contribution in [2.45, 2.75) is 12.1 Å². The number of hydrogen-bond acceptors (Lipinski definition) is 3. The number of morpholine rings is 1. The van der Waals surface area contributed by atoms with Crippen LogP contribution in [0, 0.1) is 5.82 Å². The van der Waals surface area contributed by atoms with Crippen molar-refractivity contribution in [1.82, 2.24) is 9.80 Å². The molecule has 0 aromatic heterocycles. The van der Waals surface area contributed by atoms with Crippen molar-refractivity contribution >= 4 is 17.5 Å². The zero-order valence-electron chi connectivity index (χ0n) is 14.9. The summed E-state index contributed by atoms with van der Waals surface area (Å²) in [5.41, 5.74) is 1.29. The smallest absolute Gasteiger partial charge is 0.254 e. The van der Waals surface area contributed by atoms with Crippen molar-refractivity contribution < 1.29 is 13.9 Å². The van der Waals surface area contributed by atoms with E-state index in [0.717, 1.165) is 5.56 Å². The van der Waals surface area contributed by atoms with Gasteiger partial charge in [0.1, 0.15) is 5.82 Å². The Balaban J connectivity index is 1.96. The highest BCUT2D eigenvalue weighted by atomic mass is 35.5. The summed E-state index contributed by atoms with van der Waals surface area (Å²) in [7, 11) is 3.95. The highest BCUT2D eigenvalue weighted by Gasteiger charge is 2.37. The van der Waals surface area contributed by atoms with Crippen molar-refractivity contribution in [2.75, 3.05) is 33.8 Å². The van der Waals surface area contributed by atoms with Crippen molar-refractivity contribution in [3.05, 3.63) is 70.5 Å². The van der Waals surface area contributed by atoms with Crippen molar-refractivity contribution in [3.8, 4) is 0 Å². The maximum atomic E-state index is 13.8. The van der Waals surface area contributed by atoms with Crippen LogP contribution in [-0.4, -0.2) is 55.6 Å². The first-order chi connectivity index (χ1) is 12.5. The minimum absolute atomic E-state index is 0.00798. The molecule has 1 saturated heterocycles. The normalized spacial score (nSPS) is 20.4. The summed E-state index contributed by atoms with van der Waals surface area (Å²) in [5, 5.41) is 0.00798. The van der Waals surface area contributed by atoms with Gasteiger partial charge in [0.25, 0.3) is 5.91 Å². The zero-order valence-corrected chi connectivity index (χ0v) is 15.6.